The number of piperidine rings is 1. The maximum atomic E-state index is 13.0. The molecule has 3 N–H and O–H groups in total. The van der Waals surface area contributed by atoms with Crippen molar-refractivity contribution in [2.45, 2.75) is 31.1 Å². The number of likely N-dealkylation sites (tertiary alicyclic amines) is 1. The highest BCUT2D eigenvalue weighted by molar-refractivity contribution is 7.89. The highest BCUT2D eigenvalue weighted by Crippen LogP contribution is 2.25. The topological polar surface area (TPSA) is 154 Å². The highest BCUT2D eigenvalue weighted by atomic mass is 32.2. The smallest absolute Gasteiger partial charge is 0.414 e. The molecule has 0 unspecified atom stereocenters. The van der Waals surface area contributed by atoms with Gasteiger partial charge in [-0.25, -0.2) is 18.0 Å². The molecule has 2 heterocycles. The minimum absolute atomic E-state index is 0.111. The van der Waals surface area contributed by atoms with Gasteiger partial charge >= 0.3 is 11.9 Å². The Morgan fingerprint density at radius 1 is 0.949 bits per heavy atom. The van der Waals surface area contributed by atoms with Gasteiger partial charge in [0.25, 0.3) is 0 Å². The lowest BCUT2D eigenvalue weighted by molar-refractivity contribution is -0.159. The second-order valence-electron chi connectivity index (χ2n) is 9.56. The molecule has 0 radical (unpaired) electrons. The Bertz CT molecular complexity index is 1230. The zero-order valence-electron chi connectivity index (χ0n) is 21.9. The summed E-state index contributed by atoms with van der Waals surface area (Å²) in [6.45, 7) is 5.47. The van der Waals surface area contributed by atoms with E-state index in [4.69, 9.17) is 24.5 Å². The molecule has 0 bridgehead atoms. The summed E-state index contributed by atoms with van der Waals surface area (Å²) >= 11 is 0. The van der Waals surface area contributed by atoms with Crippen molar-refractivity contribution < 1.29 is 37.8 Å². The van der Waals surface area contributed by atoms with Crippen molar-refractivity contribution in [2.24, 2.45) is 5.92 Å². The molecule has 2 aliphatic rings. The fourth-order valence-electron chi connectivity index (χ4n) is 4.52. The zero-order valence-corrected chi connectivity index (χ0v) is 22.7. The molecule has 4 rings (SSSR count). The van der Waals surface area contributed by atoms with Crippen molar-refractivity contribution in [2.75, 3.05) is 51.3 Å². The number of hydrogen-bond donors (Lipinski definition) is 3. The van der Waals surface area contributed by atoms with Crippen molar-refractivity contribution in [3.05, 3.63) is 59.7 Å². The average Bonchev–Trinajstić information content (AvgIpc) is 2.92. The summed E-state index contributed by atoms with van der Waals surface area (Å²) < 4.78 is 32.6. The number of carboxylic acids is 2. The third-order valence-corrected chi connectivity index (χ3v) is 8.61. The minimum Gasteiger partial charge on any atom is -0.473 e. The number of nitrogens with zero attached hydrogens (tertiary/aromatic N) is 2. The standard InChI is InChI=1S/C25H33N3O4S.C2H2O4/c1-20-7-8-23(33(30,31)28-13-15-32-16-14-28)18-24(20)26-25(29)19-27-11-9-22(10-12-27)17-21-5-3-2-4-6-21;3-1(4)2(5)6/h2-8,18,22H,9-17,19H2,1H3,(H,26,29);(H,3,4)(H,5,6). The number of rotatable bonds is 7. The van der Waals surface area contributed by atoms with E-state index in [1.54, 1.807) is 18.2 Å². The molecule has 2 aromatic rings. The van der Waals surface area contributed by atoms with Gasteiger partial charge in [-0.05, 0) is 68.5 Å². The number of carboxylic acid groups (broad SMARTS) is 2. The van der Waals surface area contributed by atoms with E-state index in [-0.39, 0.29) is 10.8 Å². The summed E-state index contributed by atoms with van der Waals surface area (Å²) in [5.41, 5.74) is 2.76. The Labute approximate surface area is 228 Å². The van der Waals surface area contributed by atoms with Crippen LogP contribution >= 0.6 is 0 Å². The number of aryl methyl sites for hydroxylation is 1. The number of nitrogens with one attached hydrogen (secondary N) is 1. The van der Waals surface area contributed by atoms with E-state index in [1.807, 2.05) is 13.0 Å². The van der Waals surface area contributed by atoms with Gasteiger partial charge in [-0.3, -0.25) is 9.69 Å². The van der Waals surface area contributed by atoms with Crippen LogP contribution in [0.1, 0.15) is 24.0 Å². The van der Waals surface area contributed by atoms with Gasteiger partial charge in [-0.15, -0.1) is 0 Å². The summed E-state index contributed by atoms with van der Waals surface area (Å²) in [6, 6.07) is 15.5. The van der Waals surface area contributed by atoms with Crippen molar-refractivity contribution in [3.8, 4) is 0 Å². The van der Waals surface area contributed by atoms with E-state index in [0.717, 1.165) is 37.9 Å². The second kappa shape index (κ2) is 14.2. The fourth-order valence-corrected chi connectivity index (χ4v) is 5.96. The number of sulfonamides is 1. The molecule has 0 spiro atoms. The lowest BCUT2D eigenvalue weighted by Crippen LogP contribution is -2.40. The van der Waals surface area contributed by atoms with Crippen molar-refractivity contribution >= 4 is 33.6 Å². The van der Waals surface area contributed by atoms with E-state index < -0.39 is 22.0 Å². The molecule has 12 heteroatoms. The van der Waals surface area contributed by atoms with Gasteiger partial charge < -0.3 is 20.3 Å². The summed E-state index contributed by atoms with van der Waals surface area (Å²) in [5, 5.41) is 17.7. The SMILES string of the molecule is Cc1ccc(S(=O)(=O)N2CCOCC2)cc1NC(=O)CN1CCC(Cc2ccccc2)CC1.O=C(O)C(=O)O. The van der Waals surface area contributed by atoms with Crippen LogP contribution < -0.4 is 5.32 Å². The Balaban J connectivity index is 0.000000631. The van der Waals surface area contributed by atoms with Gasteiger partial charge in [0.2, 0.25) is 15.9 Å². The molecule has 0 saturated carbocycles. The summed E-state index contributed by atoms with van der Waals surface area (Å²) in [7, 11) is -3.60. The van der Waals surface area contributed by atoms with Crippen LogP contribution in [-0.4, -0.2) is 91.6 Å². The van der Waals surface area contributed by atoms with Crippen LogP contribution in [0.5, 0.6) is 0 Å². The zero-order chi connectivity index (χ0) is 28.4. The van der Waals surface area contributed by atoms with Gasteiger partial charge in [0, 0.05) is 18.8 Å². The number of carbonyl (C=O) groups excluding carboxylic acids is 1. The summed E-state index contributed by atoms with van der Waals surface area (Å²) in [5.74, 6) is -3.11. The Kier molecular flexibility index (Phi) is 11.0. The van der Waals surface area contributed by atoms with Gasteiger partial charge in [-0.2, -0.15) is 4.31 Å². The number of morpholine rings is 1. The number of anilines is 1. The Morgan fingerprint density at radius 2 is 1.56 bits per heavy atom. The maximum Gasteiger partial charge on any atom is 0.414 e. The van der Waals surface area contributed by atoms with Crippen molar-refractivity contribution in [1.82, 2.24) is 9.21 Å². The Morgan fingerprint density at radius 3 is 2.15 bits per heavy atom. The first-order chi connectivity index (χ1) is 18.6. The quantitative estimate of drug-likeness (QED) is 0.431. The van der Waals surface area contributed by atoms with Crippen LogP contribution in [0.25, 0.3) is 0 Å². The normalized spacial score (nSPS) is 17.1. The molecule has 2 saturated heterocycles. The predicted octanol–water partition coefficient (Wildman–Crippen LogP) is 2.06. The number of ether oxygens (including phenoxy) is 1. The van der Waals surface area contributed by atoms with Gasteiger partial charge in [0.1, 0.15) is 0 Å². The largest absolute Gasteiger partial charge is 0.473 e. The van der Waals surface area contributed by atoms with Crippen LogP contribution in [0, 0.1) is 12.8 Å². The van der Waals surface area contributed by atoms with Crippen LogP contribution in [0.15, 0.2) is 53.4 Å². The molecule has 39 heavy (non-hydrogen) atoms. The first-order valence-electron chi connectivity index (χ1n) is 12.8. The fraction of sp³-hybridized carbons (Fsp3) is 0.444. The molecule has 2 fully saturated rings. The van der Waals surface area contributed by atoms with Crippen LogP contribution in [0.3, 0.4) is 0 Å². The van der Waals surface area contributed by atoms with Crippen molar-refractivity contribution in [3.63, 3.8) is 0 Å². The van der Waals surface area contributed by atoms with Crippen LogP contribution in [-0.2, 0) is 35.6 Å². The summed E-state index contributed by atoms with van der Waals surface area (Å²) in [4.78, 5) is 33.3. The summed E-state index contributed by atoms with van der Waals surface area (Å²) in [6.07, 6.45) is 3.24. The number of aliphatic carboxylic acids is 2. The molecule has 2 aliphatic heterocycles. The molecule has 0 aromatic heterocycles. The minimum atomic E-state index is -3.60. The molecule has 11 nitrogen and oxygen atoms in total. The third-order valence-electron chi connectivity index (χ3n) is 6.72. The molecule has 0 aliphatic carbocycles. The Hall–Kier alpha value is -3.32. The highest BCUT2D eigenvalue weighted by Gasteiger charge is 2.27. The van der Waals surface area contributed by atoms with Gasteiger partial charge in [0.15, 0.2) is 0 Å². The predicted molar refractivity (Wildman–Crippen MR) is 144 cm³/mol. The van der Waals surface area contributed by atoms with E-state index in [2.05, 4.69) is 34.5 Å². The first kappa shape index (κ1) is 30.2. The van der Waals surface area contributed by atoms with Gasteiger partial charge in [-0.1, -0.05) is 36.4 Å². The molecule has 2 aromatic carbocycles. The van der Waals surface area contributed by atoms with E-state index in [0.29, 0.717) is 44.5 Å². The van der Waals surface area contributed by atoms with E-state index in [9.17, 15) is 13.2 Å². The number of carbonyl (C=O) groups is 3. The molecule has 0 atom stereocenters. The molecule has 1 amide bonds. The molecular formula is C27H35N3O8S. The van der Waals surface area contributed by atoms with E-state index in [1.165, 1.54) is 9.87 Å². The van der Waals surface area contributed by atoms with Crippen LogP contribution in [0.4, 0.5) is 5.69 Å². The number of benzene rings is 2. The monoisotopic (exact) mass is 561 g/mol. The molecule has 212 valence electrons. The average molecular weight is 562 g/mol. The van der Waals surface area contributed by atoms with E-state index >= 15 is 0 Å². The number of amides is 1. The van der Waals surface area contributed by atoms with Gasteiger partial charge in [0.05, 0.1) is 24.7 Å². The molecular weight excluding hydrogens is 526 g/mol. The lowest BCUT2D eigenvalue weighted by atomic mass is 9.90. The second-order valence-corrected chi connectivity index (χ2v) is 11.5. The third kappa shape index (κ3) is 9.13. The number of hydrogen-bond acceptors (Lipinski definition) is 7. The van der Waals surface area contributed by atoms with Crippen LogP contribution in [0.2, 0.25) is 0 Å². The first-order valence-corrected chi connectivity index (χ1v) is 14.2. The lowest BCUT2D eigenvalue weighted by Gasteiger charge is -2.31. The maximum absolute atomic E-state index is 13.0. The van der Waals surface area contributed by atoms with Crippen molar-refractivity contribution in [1.29, 1.82) is 0 Å².